The number of benzene rings is 1. The van der Waals surface area contributed by atoms with E-state index in [1.807, 2.05) is 6.07 Å². The molecule has 1 fully saturated rings. The Hall–Kier alpha value is -1.26. The van der Waals surface area contributed by atoms with Crippen molar-refractivity contribution in [1.29, 1.82) is 0 Å². The smallest absolute Gasteiger partial charge is 0.231 e. The summed E-state index contributed by atoms with van der Waals surface area (Å²) < 4.78 is 10.8. The lowest BCUT2D eigenvalue weighted by Crippen LogP contribution is -2.51. The number of fused-ring (bicyclic) bond motifs is 1. The van der Waals surface area contributed by atoms with E-state index >= 15 is 0 Å². The van der Waals surface area contributed by atoms with Gasteiger partial charge in [-0.15, -0.1) is 0 Å². The first kappa shape index (κ1) is 14.7. The number of nitrogens with zero attached hydrogens (tertiary/aromatic N) is 1. The average Bonchev–Trinajstić information content (AvgIpc) is 2.92. The summed E-state index contributed by atoms with van der Waals surface area (Å²) in [4.78, 5) is 2.46. The predicted molar refractivity (Wildman–Crippen MR) is 83.9 cm³/mol. The molecule has 3 atom stereocenters. The van der Waals surface area contributed by atoms with E-state index < -0.39 is 0 Å². The van der Waals surface area contributed by atoms with Gasteiger partial charge in [0.25, 0.3) is 0 Å². The molecule has 0 unspecified atom stereocenters. The van der Waals surface area contributed by atoms with Gasteiger partial charge in [-0.2, -0.15) is 0 Å². The molecule has 0 aromatic heterocycles. The fourth-order valence-electron chi connectivity index (χ4n) is 3.32. The SMILES string of the molecule is C[C@@H]1CN(C)[C@H](C)C[C@@H]1NCCc1ccc2c(c1)OCO2. The molecule has 2 aliphatic heterocycles. The van der Waals surface area contributed by atoms with Crippen LogP contribution in [-0.2, 0) is 6.42 Å². The fraction of sp³-hybridized carbons (Fsp3) is 0.647. The molecule has 116 valence electrons. The molecule has 0 spiro atoms. The molecule has 3 rings (SSSR count). The zero-order valence-electron chi connectivity index (χ0n) is 13.3. The molecule has 0 saturated carbocycles. The Morgan fingerprint density at radius 1 is 1.24 bits per heavy atom. The van der Waals surface area contributed by atoms with Crippen LogP contribution >= 0.6 is 0 Å². The number of hydrogen-bond donors (Lipinski definition) is 1. The van der Waals surface area contributed by atoms with Gasteiger partial charge in [0, 0.05) is 18.6 Å². The summed E-state index contributed by atoms with van der Waals surface area (Å²) in [7, 11) is 2.23. The van der Waals surface area contributed by atoms with Crippen molar-refractivity contribution in [1.82, 2.24) is 10.2 Å². The quantitative estimate of drug-likeness (QED) is 0.922. The molecule has 0 amide bonds. The van der Waals surface area contributed by atoms with Gasteiger partial charge in [-0.25, -0.2) is 0 Å². The van der Waals surface area contributed by atoms with Gasteiger partial charge in [-0.1, -0.05) is 13.0 Å². The minimum absolute atomic E-state index is 0.349. The minimum atomic E-state index is 0.349. The van der Waals surface area contributed by atoms with Crippen LogP contribution in [0.5, 0.6) is 11.5 Å². The number of ether oxygens (including phenoxy) is 2. The van der Waals surface area contributed by atoms with Crippen LogP contribution in [0, 0.1) is 5.92 Å². The third-order valence-electron chi connectivity index (χ3n) is 4.87. The van der Waals surface area contributed by atoms with Gasteiger partial charge in [0.2, 0.25) is 6.79 Å². The zero-order chi connectivity index (χ0) is 14.8. The Morgan fingerprint density at radius 2 is 2.05 bits per heavy atom. The van der Waals surface area contributed by atoms with E-state index in [-0.39, 0.29) is 0 Å². The van der Waals surface area contributed by atoms with Crippen LogP contribution < -0.4 is 14.8 Å². The minimum Gasteiger partial charge on any atom is -0.454 e. The first-order valence-electron chi connectivity index (χ1n) is 7.95. The molecule has 2 heterocycles. The Kier molecular flexibility index (Phi) is 4.36. The van der Waals surface area contributed by atoms with E-state index in [0.29, 0.717) is 24.8 Å². The van der Waals surface area contributed by atoms with Gasteiger partial charge < -0.3 is 19.7 Å². The summed E-state index contributed by atoms with van der Waals surface area (Å²) in [6, 6.07) is 7.55. The summed E-state index contributed by atoms with van der Waals surface area (Å²) in [6.45, 7) is 7.22. The van der Waals surface area contributed by atoms with E-state index in [1.165, 1.54) is 18.5 Å². The molecule has 0 bridgehead atoms. The van der Waals surface area contributed by atoms with Crippen molar-refractivity contribution in [2.75, 3.05) is 26.9 Å². The van der Waals surface area contributed by atoms with Crippen molar-refractivity contribution in [3.8, 4) is 11.5 Å². The van der Waals surface area contributed by atoms with Crippen molar-refractivity contribution in [2.24, 2.45) is 5.92 Å². The summed E-state index contributed by atoms with van der Waals surface area (Å²) in [6.07, 6.45) is 2.27. The highest BCUT2D eigenvalue weighted by Crippen LogP contribution is 2.32. The second-order valence-corrected chi connectivity index (χ2v) is 6.50. The van der Waals surface area contributed by atoms with Gasteiger partial charge >= 0.3 is 0 Å². The number of rotatable bonds is 4. The number of likely N-dealkylation sites (tertiary alicyclic amines) is 1. The number of piperidine rings is 1. The van der Waals surface area contributed by atoms with E-state index in [2.05, 4.69) is 43.2 Å². The molecule has 21 heavy (non-hydrogen) atoms. The number of nitrogens with one attached hydrogen (secondary N) is 1. The molecule has 1 aromatic rings. The van der Waals surface area contributed by atoms with Crippen LogP contribution in [0.4, 0.5) is 0 Å². The summed E-state index contributed by atoms with van der Waals surface area (Å²) in [5.74, 6) is 2.46. The highest BCUT2D eigenvalue weighted by Gasteiger charge is 2.28. The van der Waals surface area contributed by atoms with E-state index in [4.69, 9.17) is 9.47 Å². The second-order valence-electron chi connectivity index (χ2n) is 6.50. The number of hydrogen-bond acceptors (Lipinski definition) is 4. The molecule has 0 radical (unpaired) electrons. The van der Waals surface area contributed by atoms with Crippen molar-refractivity contribution in [3.05, 3.63) is 23.8 Å². The van der Waals surface area contributed by atoms with Crippen LogP contribution in [0.25, 0.3) is 0 Å². The van der Waals surface area contributed by atoms with E-state index in [9.17, 15) is 0 Å². The van der Waals surface area contributed by atoms with Crippen LogP contribution in [0.2, 0.25) is 0 Å². The van der Waals surface area contributed by atoms with Crippen LogP contribution in [0.3, 0.4) is 0 Å². The normalized spacial score (nSPS) is 28.8. The predicted octanol–water partition coefficient (Wildman–Crippen LogP) is 2.28. The van der Waals surface area contributed by atoms with Gasteiger partial charge in [-0.05, 0) is 57.0 Å². The van der Waals surface area contributed by atoms with Gasteiger partial charge in [0.15, 0.2) is 11.5 Å². The Balaban J connectivity index is 1.49. The molecular formula is C17H26N2O2. The monoisotopic (exact) mass is 290 g/mol. The highest BCUT2D eigenvalue weighted by molar-refractivity contribution is 5.44. The standard InChI is InChI=1S/C17H26N2O2/c1-12-10-19(3)13(2)8-15(12)18-7-6-14-4-5-16-17(9-14)21-11-20-16/h4-5,9,12-13,15,18H,6-8,10-11H2,1-3H3/t12-,13-,15+/m1/s1. The molecule has 0 aliphatic carbocycles. The fourth-order valence-corrected chi connectivity index (χ4v) is 3.32. The summed E-state index contributed by atoms with van der Waals surface area (Å²) in [5, 5.41) is 3.74. The molecule has 1 aromatic carbocycles. The van der Waals surface area contributed by atoms with E-state index in [0.717, 1.165) is 24.5 Å². The molecule has 4 nitrogen and oxygen atoms in total. The maximum atomic E-state index is 5.43. The lowest BCUT2D eigenvalue weighted by atomic mass is 9.90. The Bertz CT molecular complexity index is 492. The average molecular weight is 290 g/mol. The molecule has 1 saturated heterocycles. The first-order valence-corrected chi connectivity index (χ1v) is 7.95. The first-order chi connectivity index (χ1) is 10.1. The molecule has 4 heteroatoms. The summed E-state index contributed by atoms with van der Waals surface area (Å²) >= 11 is 0. The van der Waals surface area contributed by atoms with Gasteiger partial charge in [0.1, 0.15) is 0 Å². The molecular weight excluding hydrogens is 264 g/mol. The lowest BCUT2D eigenvalue weighted by molar-refractivity contribution is 0.122. The van der Waals surface area contributed by atoms with Crippen LogP contribution in [-0.4, -0.2) is 43.9 Å². The third kappa shape index (κ3) is 3.33. The van der Waals surface area contributed by atoms with Crippen molar-refractivity contribution in [2.45, 2.75) is 38.8 Å². The van der Waals surface area contributed by atoms with Gasteiger partial charge in [0.05, 0.1) is 0 Å². The third-order valence-corrected chi connectivity index (χ3v) is 4.87. The summed E-state index contributed by atoms with van der Waals surface area (Å²) in [5.41, 5.74) is 1.31. The van der Waals surface area contributed by atoms with Gasteiger partial charge in [-0.3, -0.25) is 0 Å². The maximum Gasteiger partial charge on any atom is 0.231 e. The van der Waals surface area contributed by atoms with Crippen LogP contribution in [0.1, 0.15) is 25.8 Å². The van der Waals surface area contributed by atoms with Crippen molar-refractivity contribution in [3.63, 3.8) is 0 Å². The van der Waals surface area contributed by atoms with Crippen LogP contribution in [0.15, 0.2) is 18.2 Å². The second kappa shape index (κ2) is 6.24. The zero-order valence-corrected chi connectivity index (χ0v) is 13.3. The van der Waals surface area contributed by atoms with Crippen molar-refractivity contribution >= 4 is 0 Å². The topological polar surface area (TPSA) is 33.7 Å². The molecule has 1 N–H and O–H groups in total. The maximum absolute atomic E-state index is 5.43. The Labute approximate surface area is 127 Å². The van der Waals surface area contributed by atoms with E-state index in [1.54, 1.807) is 0 Å². The van der Waals surface area contributed by atoms with Crippen molar-refractivity contribution < 1.29 is 9.47 Å². The lowest BCUT2D eigenvalue weighted by Gasteiger charge is -2.40. The molecule has 2 aliphatic rings. The largest absolute Gasteiger partial charge is 0.454 e. The highest BCUT2D eigenvalue weighted by atomic mass is 16.7. The Morgan fingerprint density at radius 3 is 2.90 bits per heavy atom.